The monoisotopic (exact) mass is 458 g/mol. The Kier molecular flexibility index (Phi) is 6.33. The van der Waals surface area contributed by atoms with Crippen LogP contribution in [0.2, 0.25) is 0 Å². The zero-order valence-corrected chi connectivity index (χ0v) is 17.2. The first-order chi connectivity index (χ1) is 12.5. The molecular formula is C17H19BrN2O4S2. The van der Waals surface area contributed by atoms with Gasteiger partial charge >= 0.3 is 6.09 Å². The van der Waals surface area contributed by atoms with E-state index < -0.39 is 16.1 Å². The van der Waals surface area contributed by atoms with Crippen molar-refractivity contribution >= 4 is 43.4 Å². The second-order valence-corrected chi connectivity index (χ2v) is 10.5. The summed E-state index contributed by atoms with van der Waals surface area (Å²) in [5, 5.41) is 0. The van der Waals surface area contributed by atoms with Crippen LogP contribution in [0.25, 0.3) is 0 Å². The zero-order valence-electron chi connectivity index (χ0n) is 14.0. The van der Waals surface area contributed by atoms with Crippen molar-refractivity contribution in [3.05, 3.63) is 51.8 Å². The van der Waals surface area contributed by atoms with Crippen molar-refractivity contribution in [2.45, 2.75) is 17.2 Å². The number of hydrogen-bond donors (Lipinski definition) is 0. The first-order valence-electron chi connectivity index (χ1n) is 8.18. The molecule has 3 rings (SSSR count). The predicted molar refractivity (Wildman–Crippen MR) is 104 cm³/mol. The summed E-state index contributed by atoms with van der Waals surface area (Å²) in [7, 11) is -3.53. The third kappa shape index (κ3) is 4.64. The van der Waals surface area contributed by atoms with E-state index in [0.29, 0.717) is 30.3 Å². The summed E-state index contributed by atoms with van der Waals surface area (Å²) in [5.74, 6) is 0. The molecular weight excluding hydrogens is 440 g/mol. The predicted octanol–water partition coefficient (Wildman–Crippen LogP) is 3.54. The van der Waals surface area contributed by atoms with Crippen LogP contribution in [0.15, 0.2) is 50.5 Å². The van der Waals surface area contributed by atoms with Gasteiger partial charge in [-0.3, -0.25) is 0 Å². The average molecular weight is 459 g/mol. The summed E-state index contributed by atoms with van der Waals surface area (Å²) in [6.07, 6.45) is 0.165. The molecule has 1 aliphatic heterocycles. The Morgan fingerprint density at radius 1 is 1.08 bits per heavy atom. The van der Waals surface area contributed by atoms with Crippen LogP contribution >= 0.6 is 27.3 Å². The number of thiophene rings is 1. The number of nitrogens with zero attached hydrogens (tertiary/aromatic N) is 2. The van der Waals surface area contributed by atoms with Crippen molar-refractivity contribution in [1.82, 2.24) is 9.21 Å². The van der Waals surface area contributed by atoms with Crippen molar-refractivity contribution in [3.63, 3.8) is 0 Å². The third-order valence-electron chi connectivity index (χ3n) is 4.06. The Bertz CT molecular complexity index is 855. The fourth-order valence-electron chi connectivity index (χ4n) is 2.69. The quantitative estimate of drug-likeness (QED) is 0.702. The lowest BCUT2D eigenvalue weighted by atomic mass is 10.2. The molecule has 0 aliphatic carbocycles. The summed E-state index contributed by atoms with van der Waals surface area (Å²) >= 11 is 4.49. The molecule has 1 saturated heterocycles. The molecule has 0 spiro atoms. The number of carbonyl (C=O) groups excluding carboxylic acids is 1. The van der Waals surface area contributed by atoms with Gasteiger partial charge < -0.3 is 9.64 Å². The first-order valence-corrected chi connectivity index (χ1v) is 11.2. The highest BCUT2D eigenvalue weighted by Gasteiger charge is 2.29. The Labute approximate surface area is 165 Å². The average Bonchev–Trinajstić information content (AvgIpc) is 2.93. The SMILES string of the molecule is O=C(OCc1ccccc1)N1CCCN(S(=O)(=O)c2ccc(Br)s2)CC1. The van der Waals surface area contributed by atoms with E-state index in [1.807, 2.05) is 30.3 Å². The van der Waals surface area contributed by atoms with Crippen LogP contribution < -0.4 is 0 Å². The van der Waals surface area contributed by atoms with Gasteiger partial charge in [-0.2, -0.15) is 4.31 Å². The molecule has 1 aromatic heterocycles. The maximum Gasteiger partial charge on any atom is 0.410 e. The summed E-state index contributed by atoms with van der Waals surface area (Å²) in [5.41, 5.74) is 0.920. The molecule has 0 saturated carbocycles. The Morgan fingerprint density at radius 3 is 2.54 bits per heavy atom. The van der Waals surface area contributed by atoms with E-state index in [4.69, 9.17) is 4.74 Å². The van der Waals surface area contributed by atoms with Crippen molar-refractivity contribution in [3.8, 4) is 0 Å². The zero-order chi connectivity index (χ0) is 18.6. The van der Waals surface area contributed by atoms with Crippen LogP contribution in [0.5, 0.6) is 0 Å². The van der Waals surface area contributed by atoms with E-state index in [1.54, 1.807) is 17.0 Å². The molecule has 2 aromatic rings. The van der Waals surface area contributed by atoms with Crippen LogP contribution in [-0.4, -0.2) is 49.9 Å². The fourth-order valence-corrected chi connectivity index (χ4v) is 6.32. The van der Waals surface area contributed by atoms with E-state index in [2.05, 4.69) is 15.9 Å². The molecule has 6 nitrogen and oxygen atoms in total. The lowest BCUT2D eigenvalue weighted by Gasteiger charge is -2.21. The molecule has 0 N–H and O–H groups in total. The molecule has 1 amide bonds. The second-order valence-electron chi connectivity index (χ2n) is 5.84. The molecule has 0 bridgehead atoms. The highest BCUT2D eigenvalue weighted by Crippen LogP contribution is 2.29. The Hall–Kier alpha value is -1.42. The van der Waals surface area contributed by atoms with Crippen LogP contribution in [0.4, 0.5) is 4.79 Å². The number of rotatable bonds is 4. The van der Waals surface area contributed by atoms with Crippen LogP contribution in [0.1, 0.15) is 12.0 Å². The largest absolute Gasteiger partial charge is 0.445 e. The molecule has 2 heterocycles. The molecule has 26 heavy (non-hydrogen) atoms. The number of halogens is 1. The van der Waals surface area contributed by atoms with E-state index in [0.717, 1.165) is 9.35 Å². The Balaban J connectivity index is 1.58. The summed E-state index contributed by atoms with van der Waals surface area (Å²) in [4.78, 5) is 13.9. The number of benzene rings is 1. The van der Waals surface area contributed by atoms with Gasteiger partial charge in [-0.1, -0.05) is 30.3 Å². The normalized spacial score (nSPS) is 16.3. The van der Waals surface area contributed by atoms with E-state index in [-0.39, 0.29) is 13.2 Å². The minimum Gasteiger partial charge on any atom is -0.445 e. The van der Waals surface area contributed by atoms with Crippen molar-refractivity contribution in [2.24, 2.45) is 0 Å². The molecule has 0 atom stereocenters. The van der Waals surface area contributed by atoms with Crippen molar-refractivity contribution < 1.29 is 17.9 Å². The van der Waals surface area contributed by atoms with Gasteiger partial charge in [-0.25, -0.2) is 13.2 Å². The van der Waals surface area contributed by atoms with Gasteiger partial charge in [0.2, 0.25) is 0 Å². The number of hydrogen-bond acceptors (Lipinski definition) is 5. The smallest absolute Gasteiger partial charge is 0.410 e. The van der Waals surface area contributed by atoms with Crippen LogP contribution in [0, 0.1) is 0 Å². The number of sulfonamides is 1. The van der Waals surface area contributed by atoms with E-state index >= 15 is 0 Å². The number of carbonyl (C=O) groups is 1. The van der Waals surface area contributed by atoms with E-state index in [9.17, 15) is 13.2 Å². The number of amides is 1. The standard InChI is InChI=1S/C17H19BrN2O4S2/c18-15-7-8-16(25-15)26(22,23)20-10-4-9-19(11-12-20)17(21)24-13-14-5-2-1-3-6-14/h1-3,5-8H,4,9-13H2. The van der Waals surface area contributed by atoms with Gasteiger partial charge in [0.05, 0.1) is 3.79 Å². The highest BCUT2D eigenvalue weighted by molar-refractivity contribution is 9.11. The molecule has 1 fully saturated rings. The lowest BCUT2D eigenvalue weighted by Crippen LogP contribution is -2.37. The summed E-state index contributed by atoms with van der Waals surface area (Å²) in [6, 6.07) is 12.8. The van der Waals surface area contributed by atoms with Crippen LogP contribution in [0.3, 0.4) is 0 Å². The molecule has 0 unspecified atom stereocenters. The highest BCUT2D eigenvalue weighted by atomic mass is 79.9. The van der Waals surface area contributed by atoms with Gasteiger partial charge in [0, 0.05) is 26.2 Å². The molecule has 0 radical (unpaired) electrons. The van der Waals surface area contributed by atoms with Crippen molar-refractivity contribution in [2.75, 3.05) is 26.2 Å². The molecule has 1 aliphatic rings. The van der Waals surface area contributed by atoms with Gasteiger partial charge in [0.25, 0.3) is 10.0 Å². The number of ether oxygens (including phenoxy) is 1. The maximum absolute atomic E-state index is 12.7. The van der Waals surface area contributed by atoms with Gasteiger partial charge in [-0.15, -0.1) is 11.3 Å². The van der Waals surface area contributed by atoms with Crippen molar-refractivity contribution in [1.29, 1.82) is 0 Å². The first kappa shape index (κ1) is 19.3. The molecule has 9 heteroatoms. The van der Waals surface area contributed by atoms with Crippen LogP contribution in [-0.2, 0) is 21.4 Å². The minimum atomic E-state index is -3.53. The minimum absolute atomic E-state index is 0.210. The van der Waals surface area contributed by atoms with E-state index in [1.165, 1.54) is 15.6 Å². The summed E-state index contributed by atoms with van der Waals surface area (Å²) < 4.78 is 33.3. The topological polar surface area (TPSA) is 66.9 Å². The Morgan fingerprint density at radius 2 is 1.85 bits per heavy atom. The van der Waals surface area contributed by atoms with Gasteiger partial charge in [0.15, 0.2) is 0 Å². The fraction of sp³-hybridized carbons (Fsp3) is 0.353. The second kappa shape index (κ2) is 8.51. The molecule has 1 aromatic carbocycles. The van der Waals surface area contributed by atoms with Gasteiger partial charge in [0.1, 0.15) is 10.8 Å². The maximum atomic E-state index is 12.7. The van der Waals surface area contributed by atoms with Gasteiger partial charge in [-0.05, 0) is 40.0 Å². The lowest BCUT2D eigenvalue weighted by molar-refractivity contribution is 0.0980. The third-order valence-corrected chi connectivity index (χ3v) is 8.05. The summed E-state index contributed by atoms with van der Waals surface area (Å²) in [6.45, 7) is 1.66. The molecule has 140 valence electrons.